The monoisotopic (exact) mass is 281 g/mol. The summed E-state index contributed by atoms with van der Waals surface area (Å²) in [5, 5.41) is 0. The van der Waals surface area contributed by atoms with Crippen molar-refractivity contribution < 1.29 is 13.2 Å². The van der Waals surface area contributed by atoms with E-state index in [1.54, 1.807) is 12.3 Å². The molecular formula is C14H14F3N3. The van der Waals surface area contributed by atoms with Crippen molar-refractivity contribution in [3.8, 4) is 0 Å². The quantitative estimate of drug-likeness (QED) is 0.936. The Morgan fingerprint density at radius 2 is 2.20 bits per heavy atom. The Morgan fingerprint density at radius 1 is 1.35 bits per heavy atom. The number of aromatic amines is 1. The number of nitrogens with zero attached hydrogens (tertiary/aromatic N) is 2. The van der Waals surface area contributed by atoms with Crippen LogP contribution in [0.4, 0.5) is 13.2 Å². The zero-order valence-electron chi connectivity index (χ0n) is 10.7. The molecule has 0 aliphatic heterocycles. The molecule has 0 bridgehead atoms. The lowest BCUT2D eigenvalue weighted by Crippen LogP contribution is -2.09. The summed E-state index contributed by atoms with van der Waals surface area (Å²) in [6.45, 7) is 0. The molecule has 0 amide bonds. The van der Waals surface area contributed by atoms with Crippen molar-refractivity contribution in [3.05, 3.63) is 47.6 Å². The molecule has 1 saturated carbocycles. The van der Waals surface area contributed by atoms with Crippen LogP contribution in [-0.4, -0.2) is 20.9 Å². The highest BCUT2D eigenvalue weighted by atomic mass is 19.3. The Balaban J connectivity index is 1.73. The maximum atomic E-state index is 13.5. The van der Waals surface area contributed by atoms with Crippen LogP contribution in [0.1, 0.15) is 42.3 Å². The molecule has 2 aromatic rings. The Bertz CT molecular complexity index is 609. The van der Waals surface area contributed by atoms with Crippen molar-refractivity contribution in [2.45, 2.75) is 37.5 Å². The highest BCUT2D eigenvalue weighted by molar-refractivity contribution is 5.20. The fourth-order valence-electron chi connectivity index (χ4n) is 2.61. The number of imidazole rings is 1. The summed E-state index contributed by atoms with van der Waals surface area (Å²) in [4.78, 5) is 10.9. The van der Waals surface area contributed by atoms with E-state index in [9.17, 15) is 13.2 Å². The van der Waals surface area contributed by atoms with E-state index in [1.807, 2.05) is 0 Å². The van der Waals surface area contributed by atoms with Gasteiger partial charge < -0.3 is 4.98 Å². The molecule has 2 aromatic heterocycles. The highest BCUT2D eigenvalue weighted by Gasteiger charge is 2.41. The van der Waals surface area contributed by atoms with Crippen LogP contribution in [0.25, 0.3) is 0 Å². The lowest BCUT2D eigenvalue weighted by molar-refractivity contribution is 0.00755. The SMILES string of the molecule is Fc1cnccc1Cc1cnc(C2CCC(F)(F)C2)[nH]1. The first kappa shape index (κ1) is 13.1. The van der Waals surface area contributed by atoms with Gasteiger partial charge in [0.15, 0.2) is 0 Å². The van der Waals surface area contributed by atoms with Crippen molar-refractivity contribution in [2.24, 2.45) is 0 Å². The summed E-state index contributed by atoms with van der Waals surface area (Å²) in [7, 11) is 0. The van der Waals surface area contributed by atoms with Gasteiger partial charge >= 0.3 is 0 Å². The maximum absolute atomic E-state index is 13.5. The van der Waals surface area contributed by atoms with Gasteiger partial charge in [-0.15, -0.1) is 0 Å². The topological polar surface area (TPSA) is 41.6 Å². The van der Waals surface area contributed by atoms with Gasteiger partial charge in [-0.25, -0.2) is 18.2 Å². The van der Waals surface area contributed by atoms with Gasteiger partial charge in [0.2, 0.25) is 5.92 Å². The summed E-state index contributed by atoms with van der Waals surface area (Å²) in [5.74, 6) is -2.63. The van der Waals surface area contributed by atoms with E-state index in [1.165, 1.54) is 6.20 Å². The molecule has 106 valence electrons. The number of rotatable bonds is 3. The van der Waals surface area contributed by atoms with E-state index in [0.29, 0.717) is 24.2 Å². The Morgan fingerprint density at radius 3 is 2.90 bits per heavy atom. The molecule has 3 nitrogen and oxygen atoms in total. The third-order valence-electron chi connectivity index (χ3n) is 3.68. The number of hydrogen-bond donors (Lipinski definition) is 1. The third kappa shape index (κ3) is 2.69. The Kier molecular flexibility index (Phi) is 3.23. The first-order valence-corrected chi connectivity index (χ1v) is 6.53. The maximum Gasteiger partial charge on any atom is 0.248 e. The average molecular weight is 281 g/mol. The first-order valence-electron chi connectivity index (χ1n) is 6.53. The second-order valence-electron chi connectivity index (χ2n) is 5.23. The van der Waals surface area contributed by atoms with Gasteiger partial charge in [0.05, 0.1) is 6.20 Å². The normalized spacial score (nSPS) is 21.2. The third-order valence-corrected chi connectivity index (χ3v) is 3.68. The highest BCUT2D eigenvalue weighted by Crippen LogP contribution is 2.43. The van der Waals surface area contributed by atoms with Crippen LogP contribution in [0.15, 0.2) is 24.7 Å². The predicted molar refractivity (Wildman–Crippen MR) is 67.1 cm³/mol. The second-order valence-corrected chi connectivity index (χ2v) is 5.23. The number of nitrogens with one attached hydrogen (secondary N) is 1. The van der Waals surface area contributed by atoms with Gasteiger partial charge in [0.25, 0.3) is 0 Å². The molecule has 1 atom stereocenters. The standard InChI is InChI=1S/C14H14F3N3/c15-12-8-18-4-2-9(12)5-11-7-19-13(20-11)10-1-3-14(16,17)6-10/h2,4,7-8,10H,1,3,5-6H2,(H,19,20). The van der Waals surface area contributed by atoms with Crippen molar-refractivity contribution in [2.75, 3.05) is 0 Å². The van der Waals surface area contributed by atoms with E-state index < -0.39 is 5.92 Å². The van der Waals surface area contributed by atoms with Gasteiger partial charge in [-0.05, 0) is 18.1 Å². The van der Waals surface area contributed by atoms with Crippen LogP contribution in [-0.2, 0) is 6.42 Å². The predicted octanol–water partition coefficient (Wildman–Crippen LogP) is 3.44. The lowest BCUT2D eigenvalue weighted by atomic mass is 10.1. The number of hydrogen-bond acceptors (Lipinski definition) is 2. The van der Waals surface area contributed by atoms with E-state index in [4.69, 9.17) is 0 Å². The van der Waals surface area contributed by atoms with E-state index in [0.717, 1.165) is 11.9 Å². The summed E-state index contributed by atoms with van der Waals surface area (Å²) in [5.41, 5.74) is 1.23. The molecule has 0 aromatic carbocycles. The number of pyridine rings is 1. The summed E-state index contributed by atoms with van der Waals surface area (Å²) >= 11 is 0. The molecule has 1 fully saturated rings. The van der Waals surface area contributed by atoms with Crippen LogP contribution in [0.2, 0.25) is 0 Å². The summed E-state index contributed by atoms with van der Waals surface area (Å²) < 4.78 is 39.9. The Hall–Kier alpha value is -1.85. The van der Waals surface area contributed by atoms with Crippen LogP contribution in [0, 0.1) is 5.82 Å². The van der Waals surface area contributed by atoms with Gasteiger partial charge in [-0.3, -0.25) is 4.98 Å². The van der Waals surface area contributed by atoms with E-state index in [-0.39, 0.29) is 24.6 Å². The molecule has 1 aliphatic rings. The lowest BCUT2D eigenvalue weighted by Gasteiger charge is -2.07. The second kappa shape index (κ2) is 4.92. The molecule has 1 N–H and O–H groups in total. The molecule has 2 heterocycles. The molecule has 0 spiro atoms. The zero-order chi connectivity index (χ0) is 14.2. The molecule has 3 rings (SSSR count). The van der Waals surface area contributed by atoms with Crippen molar-refractivity contribution >= 4 is 0 Å². The first-order chi connectivity index (χ1) is 9.53. The summed E-state index contributed by atoms with van der Waals surface area (Å²) in [6.07, 6.45) is 4.80. The fraction of sp³-hybridized carbons (Fsp3) is 0.429. The molecular weight excluding hydrogens is 267 g/mol. The minimum atomic E-state index is -2.59. The van der Waals surface area contributed by atoms with Gasteiger partial charge in [0.1, 0.15) is 11.6 Å². The number of alkyl halides is 2. The van der Waals surface area contributed by atoms with E-state index >= 15 is 0 Å². The van der Waals surface area contributed by atoms with Crippen LogP contribution in [0.3, 0.4) is 0 Å². The minimum Gasteiger partial charge on any atom is -0.345 e. The molecule has 6 heteroatoms. The van der Waals surface area contributed by atoms with Crippen molar-refractivity contribution in [3.63, 3.8) is 0 Å². The molecule has 20 heavy (non-hydrogen) atoms. The number of H-pyrrole nitrogens is 1. The van der Waals surface area contributed by atoms with E-state index in [2.05, 4.69) is 15.0 Å². The molecule has 0 saturated heterocycles. The number of halogens is 3. The fourth-order valence-corrected chi connectivity index (χ4v) is 2.61. The molecule has 1 unspecified atom stereocenters. The zero-order valence-corrected chi connectivity index (χ0v) is 10.7. The molecule has 1 aliphatic carbocycles. The van der Waals surface area contributed by atoms with Crippen LogP contribution >= 0.6 is 0 Å². The van der Waals surface area contributed by atoms with Gasteiger partial charge in [-0.1, -0.05) is 0 Å². The van der Waals surface area contributed by atoms with Crippen LogP contribution in [0.5, 0.6) is 0 Å². The van der Waals surface area contributed by atoms with Gasteiger partial charge in [-0.2, -0.15) is 0 Å². The summed E-state index contributed by atoms with van der Waals surface area (Å²) in [6, 6.07) is 1.60. The van der Waals surface area contributed by atoms with Crippen molar-refractivity contribution in [1.82, 2.24) is 15.0 Å². The van der Waals surface area contributed by atoms with Crippen molar-refractivity contribution in [1.29, 1.82) is 0 Å². The minimum absolute atomic E-state index is 0.0906. The Labute approximate surface area is 114 Å². The largest absolute Gasteiger partial charge is 0.345 e. The smallest absolute Gasteiger partial charge is 0.248 e. The van der Waals surface area contributed by atoms with Gasteiger partial charge in [0, 0.05) is 43.3 Å². The number of aromatic nitrogens is 3. The van der Waals surface area contributed by atoms with Crippen LogP contribution < -0.4 is 0 Å². The average Bonchev–Trinajstić information content (AvgIpc) is 2.99. The molecule has 0 radical (unpaired) electrons.